The van der Waals surface area contributed by atoms with E-state index in [2.05, 4.69) is 87.3 Å². The van der Waals surface area contributed by atoms with Gasteiger partial charge in [-0.2, -0.15) is 0 Å². The van der Waals surface area contributed by atoms with E-state index in [9.17, 15) is 5.11 Å². The van der Waals surface area contributed by atoms with E-state index >= 15 is 0 Å². The Balaban J connectivity index is 0.000000187. The van der Waals surface area contributed by atoms with Crippen LogP contribution < -0.4 is 0 Å². The summed E-state index contributed by atoms with van der Waals surface area (Å²) in [5, 5.41) is 10.8. The normalized spacial score (nSPS) is 42.6. The molecule has 0 aromatic carbocycles. The SMILES string of the molecule is C=C1CC2(C)OC3(CC2C(C)C)C(C)CCC13.C=C1CC2(O)OC3(CC2C(C)C)C(C)CCC13.CCN(CC)CC.ClC(Cl)Cl. The molecule has 6 rings (SSSR count). The fourth-order valence-corrected chi connectivity index (χ4v) is 10.4. The molecule has 45 heavy (non-hydrogen) atoms. The van der Waals surface area contributed by atoms with E-state index in [1.165, 1.54) is 62.9 Å². The predicted octanol–water partition coefficient (Wildman–Crippen LogP) is 10.6. The molecule has 6 fully saturated rings. The fourth-order valence-electron chi connectivity index (χ4n) is 10.4. The van der Waals surface area contributed by atoms with Crippen molar-refractivity contribution in [3.63, 3.8) is 0 Å². The van der Waals surface area contributed by atoms with Crippen LogP contribution in [-0.4, -0.2) is 56.5 Å². The summed E-state index contributed by atoms with van der Waals surface area (Å²) in [5.74, 6) is 3.65. The van der Waals surface area contributed by atoms with Gasteiger partial charge < -0.3 is 19.5 Å². The number of ether oxygens (including phenoxy) is 2. The van der Waals surface area contributed by atoms with Gasteiger partial charge in [0.1, 0.15) is 0 Å². The van der Waals surface area contributed by atoms with Crippen LogP contribution in [-0.2, 0) is 9.47 Å². The molecule has 2 saturated carbocycles. The molecule has 10 atom stereocenters. The molecule has 4 bridgehead atoms. The molecule has 7 heteroatoms. The first-order valence-electron chi connectivity index (χ1n) is 18.0. The average Bonchev–Trinajstić information content (AvgIpc) is 3.60. The summed E-state index contributed by atoms with van der Waals surface area (Å²) < 4.78 is 12.2. The molecule has 0 aromatic rings. The zero-order valence-corrected chi connectivity index (χ0v) is 32.5. The Morgan fingerprint density at radius 2 is 1.16 bits per heavy atom. The van der Waals surface area contributed by atoms with Gasteiger partial charge >= 0.3 is 0 Å². The Morgan fingerprint density at radius 3 is 1.56 bits per heavy atom. The van der Waals surface area contributed by atoms with Crippen molar-refractivity contribution in [1.29, 1.82) is 0 Å². The van der Waals surface area contributed by atoms with E-state index in [1.807, 2.05) is 0 Å². The van der Waals surface area contributed by atoms with Crippen LogP contribution in [0.4, 0.5) is 0 Å². The molecular weight excluding hydrogens is 625 g/mol. The Bertz CT molecular complexity index is 938. The molecule has 262 valence electrons. The highest BCUT2D eigenvalue weighted by atomic mass is 35.6. The number of fused-ring (bicyclic) bond motifs is 2. The second-order valence-electron chi connectivity index (χ2n) is 16.0. The first-order valence-corrected chi connectivity index (χ1v) is 19.3. The summed E-state index contributed by atoms with van der Waals surface area (Å²) in [4.78, 5) is 2.38. The quantitative estimate of drug-likeness (QED) is 0.230. The first-order chi connectivity index (χ1) is 20.9. The second-order valence-corrected chi connectivity index (χ2v) is 18.0. The van der Waals surface area contributed by atoms with Gasteiger partial charge in [0.2, 0.25) is 0 Å². The summed E-state index contributed by atoms with van der Waals surface area (Å²) in [6, 6.07) is 0. The zero-order valence-electron chi connectivity index (χ0n) is 30.2. The maximum atomic E-state index is 10.8. The van der Waals surface area contributed by atoms with E-state index in [0.717, 1.165) is 18.8 Å². The number of hydrogen-bond acceptors (Lipinski definition) is 4. The van der Waals surface area contributed by atoms with Crippen molar-refractivity contribution in [2.75, 3.05) is 19.6 Å². The second kappa shape index (κ2) is 15.4. The highest BCUT2D eigenvalue weighted by molar-refractivity contribution is 6.63. The van der Waals surface area contributed by atoms with Crippen LogP contribution in [0, 0.1) is 47.3 Å². The van der Waals surface area contributed by atoms with Gasteiger partial charge in [0.05, 0.1) is 16.8 Å². The fraction of sp³-hybridized carbons (Fsp3) is 0.895. The monoisotopic (exact) mass is 689 g/mol. The van der Waals surface area contributed by atoms with Crippen molar-refractivity contribution in [2.45, 2.75) is 147 Å². The third kappa shape index (κ3) is 7.84. The predicted molar refractivity (Wildman–Crippen MR) is 193 cm³/mol. The van der Waals surface area contributed by atoms with Crippen molar-refractivity contribution in [3.8, 4) is 0 Å². The number of hydrogen-bond donors (Lipinski definition) is 1. The van der Waals surface area contributed by atoms with Crippen LogP contribution in [0.5, 0.6) is 0 Å². The topological polar surface area (TPSA) is 41.9 Å². The number of alkyl halides is 3. The molecule has 0 amide bonds. The molecule has 4 heterocycles. The molecule has 6 aliphatic rings. The third-order valence-corrected chi connectivity index (χ3v) is 12.9. The highest BCUT2D eigenvalue weighted by Gasteiger charge is 2.67. The molecule has 4 aliphatic heterocycles. The summed E-state index contributed by atoms with van der Waals surface area (Å²) in [6.45, 7) is 34.8. The van der Waals surface area contributed by atoms with E-state index in [4.69, 9.17) is 44.3 Å². The van der Waals surface area contributed by atoms with Crippen LogP contribution in [0.2, 0.25) is 0 Å². The van der Waals surface area contributed by atoms with Crippen molar-refractivity contribution in [3.05, 3.63) is 24.3 Å². The molecule has 0 radical (unpaired) electrons. The van der Waals surface area contributed by atoms with Crippen LogP contribution >= 0.6 is 34.8 Å². The van der Waals surface area contributed by atoms with Gasteiger partial charge in [0.15, 0.2) is 10.1 Å². The highest BCUT2D eigenvalue weighted by Crippen LogP contribution is 2.65. The number of rotatable bonds is 5. The van der Waals surface area contributed by atoms with Crippen molar-refractivity contribution in [1.82, 2.24) is 4.90 Å². The zero-order chi connectivity index (χ0) is 34.1. The molecule has 2 aliphatic carbocycles. The summed E-state index contributed by atoms with van der Waals surface area (Å²) in [5.41, 5.74) is 2.83. The molecule has 1 N–H and O–H groups in total. The summed E-state index contributed by atoms with van der Waals surface area (Å²) >= 11 is 14.4. The molecule has 2 spiro atoms. The van der Waals surface area contributed by atoms with Crippen LogP contribution in [0.1, 0.15) is 121 Å². The molecule has 4 saturated heterocycles. The maximum absolute atomic E-state index is 10.8. The smallest absolute Gasteiger partial charge is 0.180 e. The first kappa shape index (κ1) is 39.6. The molecule has 10 unspecified atom stereocenters. The Hall–Kier alpha value is 0.190. The Morgan fingerprint density at radius 1 is 0.756 bits per heavy atom. The van der Waals surface area contributed by atoms with Crippen LogP contribution in [0.25, 0.3) is 0 Å². The van der Waals surface area contributed by atoms with E-state index in [-0.39, 0.29) is 22.7 Å². The number of aliphatic hydroxyl groups is 1. The lowest BCUT2D eigenvalue weighted by atomic mass is 9.76. The standard InChI is InChI=1S/C16H26O.C15H24O2.C6H15N.CHCl3/c1-10(2)14-9-16-12(4)6-7-13(16)11(3)8-15(14,5)17-16;1-9(2)13-8-14-11(4)5-6-12(14)10(3)7-15(13,16)17-14;1-4-7(5-2)6-3;2-1(3)4/h10,12-14H,3,6-9H2,1-2,4-5H3;9,11-13,16H,3,5-8H2,1-2,4H3;4-6H2,1-3H3;1H. The molecule has 4 nitrogen and oxygen atoms in total. The Labute approximate surface area is 292 Å². The average molecular weight is 691 g/mol. The lowest BCUT2D eigenvalue weighted by Gasteiger charge is -2.45. The van der Waals surface area contributed by atoms with Crippen LogP contribution in [0.15, 0.2) is 24.3 Å². The van der Waals surface area contributed by atoms with Gasteiger partial charge in [0, 0.05) is 24.2 Å². The molecular formula is C38H66Cl3NO3. The minimum Gasteiger partial charge on any atom is -0.367 e. The Kier molecular flexibility index (Phi) is 13.6. The van der Waals surface area contributed by atoms with Gasteiger partial charge in [0.25, 0.3) is 0 Å². The van der Waals surface area contributed by atoms with Gasteiger partial charge in [-0.1, -0.05) is 121 Å². The largest absolute Gasteiger partial charge is 0.367 e. The number of halogens is 3. The minimum atomic E-state index is -0.930. The number of nitrogens with zero attached hydrogens (tertiary/aromatic N) is 1. The lowest BCUT2D eigenvalue weighted by Crippen LogP contribution is -2.48. The molecule has 0 aromatic heterocycles. The van der Waals surface area contributed by atoms with E-state index in [1.54, 1.807) is 0 Å². The van der Waals surface area contributed by atoms with E-state index < -0.39 is 10.1 Å². The van der Waals surface area contributed by atoms with E-state index in [0.29, 0.717) is 41.9 Å². The summed E-state index contributed by atoms with van der Waals surface area (Å²) in [6.07, 6.45) is 9.07. The lowest BCUT2D eigenvalue weighted by molar-refractivity contribution is -0.269. The van der Waals surface area contributed by atoms with Crippen molar-refractivity contribution in [2.24, 2.45) is 47.3 Å². The van der Waals surface area contributed by atoms with Gasteiger partial charge in [-0.25, -0.2) is 0 Å². The van der Waals surface area contributed by atoms with Crippen molar-refractivity contribution >= 4 is 34.8 Å². The van der Waals surface area contributed by atoms with Crippen LogP contribution in [0.3, 0.4) is 0 Å². The van der Waals surface area contributed by atoms with Crippen molar-refractivity contribution < 1.29 is 14.6 Å². The van der Waals surface area contributed by atoms with Gasteiger partial charge in [-0.05, 0) is 101 Å². The third-order valence-electron chi connectivity index (χ3n) is 12.9. The van der Waals surface area contributed by atoms with Gasteiger partial charge in [-0.15, -0.1) is 0 Å². The summed E-state index contributed by atoms with van der Waals surface area (Å²) in [7, 11) is 0. The maximum Gasteiger partial charge on any atom is 0.180 e. The minimum absolute atomic E-state index is 0.0698. The van der Waals surface area contributed by atoms with Gasteiger partial charge in [-0.3, -0.25) is 0 Å².